The van der Waals surface area contributed by atoms with Crippen molar-refractivity contribution in [3.63, 3.8) is 0 Å². The fraction of sp³-hybridized carbons (Fsp3) is 0.933. The lowest BCUT2D eigenvalue weighted by Gasteiger charge is -2.72. The molecule has 0 spiro atoms. The first kappa shape index (κ1) is 21.6. The highest BCUT2D eigenvalue weighted by atomic mass is 14.7. The predicted molar refractivity (Wildman–Crippen MR) is 129 cm³/mol. The first-order valence-corrected chi connectivity index (χ1v) is 13.6. The van der Waals surface area contributed by atoms with E-state index in [-0.39, 0.29) is 0 Å². The summed E-state index contributed by atoms with van der Waals surface area (Å²) in [4.78, 5) is 0. The Morgan fingerprint density at radius 2 is 1.33 bits per heavy atom. The molecule has 0 amide bonds. The van der Waals surface area contributed by atoms with E-state index in [1.54, 1.807) is 0 Å². The van der Waals surface area contributed by atoms with Crippen molar-refractivity contribution in [2.24, 2.45) is 50.7 Å². The van der Waals surface area contributed by atoms with Gasteiger partial charge in [0, 0.05) is 0 Å². The van der Waals surface area contributed by atoms with Crippen LogP contribution in [0.2, 0.25) is 0 Å². The lowest BCUT2D eigenvalue weighted by Crippen LogP contribution is -2.65. The summed E-state index contributed by atoms with van der Waals surface area (Å²) in [6.45, 7) is 21.2. The van der Waals surface area contributed by atoms with Crippen LogP contribution in [-0.2, 0) is 0 Å². The molecule has 0 aromatic carbocycles. The van der Waals surface area contributed by atoms with Gasteiger partial charge in [-0.1, -0.05) is 73.0 Å². The molecule has 0 aromatic heterocycles. The van der Waals surface area contributed by atoms with Gasteiger partial charge in [-0.2, -0.15) is 0 Å². The van der Waals surface area contributed by atoms with Gasteiger partial charge in [0.25, 0.3) is 0 Å². The van der Waals surface area contributed by atoms with Crippen LogP contribution in [-0.4, -0.2) is 0 Å². The molecule has 0 saturated heterocycles. The van der Waals surface area contributed by atoms with Crippen molar-refractivity contribution in [1.82, 2.24) is 0 Å². The van der Waals surface area contributed by atoms with Gasteiger partial charge in [-0.25, -0.2) is 0 Å². The molecule has 0 N–H and O–H groups in total. The lowest BCUT2D eigenvalue weighted by atomic mass is 9.32. The number of allylic oxidation sites excluding steroid dienone is 2. The van der Waals surface area contributed by atoms with Gasteiger partial charge in [0.05, 0.1) is 0 Å². The first-order valence-electron chi connectivity index (χ1n) is 13.6. The summed E-state index contributed by atoms with van der Waals surface area (Å²) in [5.41, 5.74) is 6.51. The second kappa shape index (κ2) is 6.41. The van der Waals surface area contributed by atoms with Crippen LogP contribution in [0, 0.1) is 50.7 Å². The van der Waals surface area contributed by atoms with Crippen LogP contribution >= 0.6 is 0 Å². The molecular formula is C30H50. The van der Waals surface area contributed by atoms with Crippen molar-refractivity contribution in [1.29, 1.82) is 0 Å². The molecule has 0 aromatic rings. The average molecular weight is 411 g/mol. The van der Waals surface area contributed by atoms with Crippen LogP contribution in [0.4, 0.5) is 0 Å². The predicted octanol–water partition coefficient (Wildman–Crippen LogP) is 9.20. The molecule has 0 radical (unpaired) electrons. The minimum atomic E-state index is 0.504. The standard InChI is InChI=1S/C30H50/c1-20(2)21-12-17-27(5)22(21)13-18-29(7)24(27)10-11-25-28(6)16-9-15-26(3,4)23(28)14-19-30(25,29)8/h20,23-25H,9-19H2,1-8H3/t23?,24?,25?,27-,28-,29+,30+/m0/s1. The fourth-order valence-corrected chi connectivity index (χ4v) is 11.4. The molecule has 5 aliphatic rings. The van der Waals surface area contributed by atoms with Gasteiger partial charge in [-0.05, 0) is 115 Å². The van der Waals surface area contributed by atoms with Crippen LogP contribution in [0.1, 0.15) is 126 Å². The molecule has 7 atom stereocenters. The van der Waals surface area contributed by atoms with Crippen LogP contribution in [0.5, 0.6) is 0 Å². The van der Waals surface area contributed by atoms with Crippen LogP contribution in [0.25, 0.3) is 0 Å². The quantitative estimate of drug-likeness (QED) is 0.378. The van der Waals surface area contributed by atoms with Gasteiger partial charge in [0.2, 0.25) is 0 Å². The Morgan fingerprint density at radius 1 is 0.667 bits per heavy atom. The molecule has 0 aliphatic heterocycles. The van der Waals surface area contributed by atoms with Crippen molar-refractivity contribution in [3.8, 4) is 0 Å². The molecule has 170 valence electrons. The average Bonchev–Trinajstić information content (AvgIpc) is 2.99. The molecule has 3 unspecified atom stereocenters. The SMILES string of the molecule is CC(C)C1=C2CC[C@]3(C)C(CCC4[C@@]5(C)CCCC(C)(C)C5CC[C@]43C)[C@@]2(C)CC1. The van der Waals surface area contributed by atoms with Crippen molar-refractivity contribution in [3.05, 3.63) is 11.1 Å². The Bertz CT molecular complexity index is 754. The normalized spacial score (nSPS) is 52.5. The maximum atomic E-state index is 2.79. The second-order valence-corrected chi connectivity index (χ2v) is 14.5. The van der Waals surface area contributed by atoms with E-state index in [1.807, 2.05) is 11.1 Å². The Hall–Kier alpha value is -0.260. The lowest BCUT2D eigenvalue weighted by molar-refractivity contribution is -0.226. The van der Waals surface area contributed by atoms with Gasteiger partial charge < -0.3 is 0 Å². The van der Waals surface area contributed by atoms with E-state index in [1.165, 1.54) is 70.6 Å². The van der Waals surface area contributed by atoms with E-state index in [4.69, 9.17) is 0 Å². The van der Waals surface area contributed by atoms with Gasteiger partial charge >= 0.3 is 0 Å². The molecular weight excluding hydrogens is 360 g/mol. The van der Waals surface area contributed by atoms with Crippen molar-refractivity contribution >= 4 is 0 Å². The molecule has 0 heterocycles. The van der Waals surface area contributed by atoms with Crippen molar-refractivity contribution in [2.45, 2.75) is 126 Å². The van der Waals surface area contributed by atoms with Crippen LogP contribution in [0.3, 0.4) is 0 Å². The molecule has 4 saturated carbocycles. The summed E-state index contributed by atoms with van der Waals surface area (Å²) < 4.78 is 0. The summed E-state index contributed by atoms with van der Waals surface area (Å²) in [7, 11) is 0. The fourth-order valence-electron chi connectivity index (χ4n) is 11.4. The highest BCUT2D eigenvalue weighted by molar-refractivity contribution is 5.35. The zero-order chi connectivity index (χ0) is 21.7. The Balaban J connectivity index is 1.55. The number of hydrogen-bond donors (Lipinski definition) is 0. The van der Waals surface area contributed by atoms with E-state index >= 15 is 0 Å². The molecule has 0 nitrogen and oxygen atoms in total. The molecule has 0 heteroatoms. The third-order valence-corrected chi connectivity index (χ3v) is 13.0. The molecule has 30 heavy (non-hydrogen) atoms. The van der Waals surface area contributed by atoms with Gasteiger partial charge in [-0.3, -0.25) is 0 Å². The van der Waals surface area contributed by atoms with E-state index in [0.717, 1.165) is 23.7 Å². The summed E-state index contributed by atoms with van der Waals surface area (Å²) >= 11 is 0. The molecule has 4 fully saturated rings. The zero-order valence-corrected chi connectivity index (χ0v) is 21.6. The first-order chi connectivity index (χ1) is 13.9. The van der Waals surface area contributed by atoms with Crippen molar-refractivity contribution in [2.75, 3.05) is 0 Å². The molecule has 5 aliphatic carbocycles. The largest absolute Gasteiger partial charge is 0.0679 e. The van der Waals surface area contributed by atoms with E-state index in [9.17, 15) is 0 Å². The van der Waals surface area contributed by atoms with Crippen molar-refractivity contribution < 1.29 is 0 Å². The molecule has 5 rings (SSSR count). The summed E-state index contributed by atoms with van der Waals surface area (Å²) in [5, 5.41) is 0. The maximum Gasteiger partial charge on any atom is -0.00769 e. The van der Waals surface area contributed by atoms with Crippen LogP contribution < -0.4 is 0 Å². The Labute approximate surface area is 188 Å². The van der Waals surface area contributed by atoms with Gasteiger partial charge in [-0.15, -0.1) is 0 Å². The van der Waals surface area contributed by atoms with Gasteiger partial charge in [0.15, 0.2) is 0 Å². The third kappa shape index (κ3) is 2.46. The topological polar surface area (TPSA) is 0 Å². The summed E-state index contributed by atoms with van der Waals surface area (Å²) in [6.07, 6.45) is 16.2. The van der Waals surface area contributed by atoms with Crippen LogP contribution in [0.15, 0.2) is 11.1 Å². The minimum Gasteiger partial charge on any atom is -0.0679 e. The van der Waals surface area contributed by atoms with E-state index in [0.29, 0.717) is 27.1 Å². The zero-order valence-electron chi connectivity index (χ0n) is 21.6. The third-order valence-electron chi connectivity index (χ3n) is 13.0. The Kier molecular flexibility index (Phi) is 4.61. The second-order valence-electron chi connectivity index (χ2n) is 14.5. The monoisotopic (exact) mass is 410 g/mol. The number of fused-ring (bicyclic) bond motifs is 7. The smallest absolute Gasteiger partial charge is 0.00769 e. The maximum absolute atomic E-state index is 2.79. The van der Waals surface area contributed by atoms with E-state index < -0.39 is 0 Å². The van der Waals surface area contributed by atoms with Gasteiger partial charge in [0.1, 0.15) is 0 Å². The Morgan fingerprint density at radius 3 is 2.03 bits per heavy atom. The highest BCUT2D eigenvalue weighted by Crippen LogP contribution is 2.77. The number of rotatable bonds is 1. The summed E-state index contributed by atoms with van der Waals surface area (Å²) in [5.74, 6) is 3.58. The summed E-state index contributed by atoms with van der Waals surface area (Å²) in [6, 6.07) is 0. The number of hydrogen-bond acceptors (Lipinski definition) is 0. The minimum absolute atomic E-state index is 0.504. The highest BCUT2D eigenvalue weighted by Gasteiger charge is 2.69. The molecule has 0 bridgehead atoms. The van der Waals surface area contributed by atoms with E-state index in [2.05, 4.69) is 55.4 Å².